The molecule has 6 nitrogen and oxygen atoms in total. The molecule has 0 bridgehead atoms. The molecule has 0 aliphatic rings. The van der Waals surface area contributed by atoms with Gasteiger partial charge in [0.1, 0.15) is 0 Å². The van der Waals surface area contributed by atoms with Gasteiger partial charge in [0.2, 0.25) is 0 Å². The SMILES string of the molecule is O=C(Nc1ccc(-c2ccn[nH]2)cc1)c1ccc(-n2cccn2)cc1. The van der Waals surface area contributed by atoms with Crippen LogP contribution in [0.4, 0.5) is 5.69 Å². The number of amides is 1. The number of aromatic amines is 1. The van der Waals surface area contributed by atoms with Gasteiger partial charge in [0.15, 0.2) is 0 Å². The molecule has 0 unspecified atom stereocenters. The van der Waals surface area contributed by atoms with Crippen molar-refractivity contribution in [1.29, 1.82) is 0 Å². The fourth-order valence-electron chi connectivity index (χ4n) is 2.54. The first-order valence-corrected chi connectivity index (χ1v) is 7.81. The van der Waals surface area contributed by atoms with Gasteiger partial charge in [-0.1, -0.05) is 12.1 Å². The van der Waals surface area contributed by atoms with Crippen molar-refractivity contribution in [3.05, 3.63) is 84.8 Å². The number of rotatable bonds is 4. The van der Waals surface area contributed by atoms with E-state index in [1.54, 1.807) is 29.2 Å². The van der Waals surface area contributed by atoms with Crippen LogP contribution in [0.3, 0.4) is 0 Å². The summed E-state index contributed by atoms with van der Waals surface area (Å²) in [4.78, 5) is 12.4. The molecule has 1 amide bonds. The third-order valence-corrected chi connectivity index (χ3v) is 3.85. The first kappa shape index (κ1) is 14.9. The van der Waals surface area contributed by atoms with Gasteiger partial charge < -0.3 is 5.32 Å². The van der Waals surface area contributed by atoms with E-state index in [1.807, 2.05) is 54.7 Å². The molecule has 4 aromatic rings. The van der Waals surface area contributed by atoms with E-state index >= 15 is 0 Å². The van der Waals surface area contributed by atoms with Crippen LogP contribution in [0.25, 0.3) is 16.9 Å². The summed E-state index contributed by atoms with van der Waals surface area (Å²) in [5.74, 6) is -0.152. The number of hydrogen-bond donors (Lipinski definition) is 2. The maximum atomic E-state index is 12.4. The molecule has 6 heteroatoms. The van der Waals surface area contributed by atoms with Gasteiger partial charge in [-0.3, -0.25) is 9.89 Å². The lowest BCUT2D eigenvalue weighted by Gasteiger charge is -2.07. The van der Waals surface area contributed by atoms with Gasteiger partial charge in [-0.2, -0.15) is 10.2 Å². The third-order valence-electron chi connectivity index (χ3n) is 3.85. The molecule has 0 aliphatic heterocycles. The van der Waals surface area contributed by atoms with Gasteiger partial charge in [0, 0.05) is 29.8 Å². The van der Waals surface area contributed by atoms with Gasteiger partial charge in [0.05, 0.1) is 11.4 Å². The van der Waals surface area contributed by atoms with Crippen LogP contribution in [-0.2, 0) is 0 Å². The molecule has 0 aliphatic carbocycles. The summed E-state index contributed by atoms with van der Waals surface area (Å²) in [6, 6.07) is 18.7. The van der Waals surface area contributed by atoms with Crippen molar-refractivity contribution < 1.29 is 4.79 Å². The number of hydrogen-bond acceptors (Lipinski definition) is 3. The van der Waals surface area contributed by atoms with Crippen LogP contribution in [0, 0.1) is 0 Å². The molecule has 0 spiro atoms. The zero-order valence-corrected chi connectivity index (χ0v) is 13.3. The number of carbonyl (C=O) groups is 1. The second-order valence-corrected chi connectivity index (χ2v) is 5.50. The Morgan fingerprint density at radius 1 is 0.960 bits per heavy atom. The van der Waals surface area contributed by atoms with Crippen LogP contribution in [0.1, 0.15) is 10.4 Å². The van der Waals surface area contributed by atoms with Crippen molar-refractivity contribution >= 4 is 11.6 Å². The first-order valence-electron chi connectivity index (χ1n) is 7.81. The number of carbonyl (C=O) groups excluding carboxylic acids is 1. The van der Waals surface area contributed by atoms with Crippen LogP contribution < -0.4 is 5.32 Å². The van der Waals surface area contributed by atoms with Crippen LogP contribution in [0.5, 0.6) is 0 Å². The predicted octanol–water partition coefficient (Wildman–Crippen LogP) is 3.51. The smallest absolute Gasteiger partial charge is 0.255 e. The largest absolute Gasteiger partial charge is 0.322 e. The second kappa shape index (κ2) is 6.45. The highest BCUT2D eigenvalue weighted by atomic mass is 16.1. The zero-order chi connectivity index (χ0) is 17.1. The molecule has 0 saturated carbocycles. The van der Waals surface area contributed by atoms with E-state index in [2.05, 4.69) is 20.6 Å². The number of benzene rings is 2. The van der Waals surface area contributed by atoms with E-state index in [-0.39, 0.29) is 5.91 Å². The Balaban J connectivity index is 1.46. The molecule has 0 radical (unpaired) electrons. The lowest BCUT2D eigenvalue weighted by Crippen LogP contribution is -2.11. The van der Waals surface area contributed by atoms with E-state index in [4.69, 9.17) is 0 Å². The van der Waals surface area contributed by atoms with Crippen molar-refractivity contribution in [1.82, 2.24) is 20.0 Å². The number of nitrogens with zero attached hydrogens (tertiary/aromatic N) is 3. The molecule has 2 aromatic heterocycles. The molecule has 2 heterocycles. The van der Waals surface area contributed by atoms with Crippen molar-refractivity contribution in [3.8, 4) is 16.9 Å². The summed E-state index contributed by atoms with van der Waals surface area (Å²) < 4.78 is 1.75. The van der Waals surface area contributed by atoms with E-state index in [9.17, 15) is 4.79 Å². The lowest BCUT2D eigenvalue weighted by atomic mass is 10.1. The highest BCUT2D eigenvalue weighted by molar-refractivity contribution is 6.04. The number of anilines is 1. The van der Waals surface area contributed by atoms with Gasteiger partial charge in [0.25, 0.3) is 5.91 Å². The van der Waals surface area contributed by atoms with Crippen LogP contribution in [0.2, 0.25) is 0 Å². The molecule has 4 rings (SSSR count). The van der Waals surface area contributed by atoms with Crippen LogP contribution in [-0.4, -0.2) is 25.9 Å². The lowest BCUT2D eigenvalue weighted by molar-refractivity contribution is 0.102. The Morgan fingerprint density at radius 3 is 2.40 bits per heavy atom. The average Bonchev–Trinajstić information content (AvgIpc) is 3.36. The minimum absolute atomic E-state index is 0.152. The standard InChI is InChI=1S/C19H15N5O/c25-19(15-4-8-17(9-5-15)24-13-1-11-21-24)22-16-6-2-14(3-7-16)18-10-12-20-23-18/h1-13H,(H,20,23)(H,22,25). The van der Waals surface area contributed by atoms with Crippen molar-refractivity contribution in [2.24, 2.45) is 0 Å². The molecular formula is C19H15N5O. The molecule has 0 atom stereocenters. The summed E-state index contributed by atoms with van der Waals surface area (Å²) in [5.41, 5.74) is 4.19. The minimum Gasteiger partial charge on any atom is -0.322 e. The summed E-state index contributed by atoms with van der Waals surface area (Å²) in [6.45, 7) is 0. The maximum absolute atomic E-state index is 12.4. The summed E-state index contributed by atoms with van der Waals surface area (Å²) >= 11 is 0. The first-order chi connectivity index (χ1) is 12.3. The third kappa shape index (κ3) is 3.18. The number of H-pyrrole nitrogens is 1. The molecule has 2 aromatic carbocycles. The normalized spacial score (nSPS) is 10.6. The minimum atomic E-state index is -0.152. The Morgan fingerprint density at radius 2 is 1.76 bits per heavy atom. The van der Waals surface area contributed by atoms with Crippen molar-refractivity contribution in [2.75, 3.05) is 5.32 Å². The van der Waals surface area contributed by atoms with Crippen molar-refractivity contribution in [3.63, 3.8) is 0 Å². The molecular weight excluding hydrogens is 314 g/mol. The van der Waals surface area contributed by atoms with Gasteiger partial charge in [-0.25, -0.2) is 4.68 Å². The van der Waals surface area contributed by atoms with Crippen molar-refractivity contribution in [2.45, 2.75) is 0 Å². The topological polar surface area (TPSA) is 75.6 Å². The predicted molar refractivity (Wildman–Crippen MR) is 95.5 cm³/mol. The summed E-state index contributed by atoms with van der Waals surface area (Å²) in [6.07, 6.45) is 5.28. The zero-order valence-electron chi connectivity index (χ0n) is 13.3. The van der Waals surface area contributed by atoms with Crippen LogP contribution in [0.15, 0.2) is 79.3 Å². The van der Waals surface area contributed by atoms with E-state index in [0.717, 1.165) is 22.6 Å². The molecule has 25 heavy (non-hydrogen) atoms. The highest BCUT2D eigenvalue weighted by Crippen LogP contribution is 2.19. The Hall–Kier alpha value is -3.67. The summed E-state index contributed by atoms with van der Waals surface area (Å²) in [7, 11) is 0. The Bertz CT molecular complexity index is 956. The molecule has 122 valence electrons. The quantitative estimate of drug-likeness (QED) is 0.601. The Kier molecular flexibility index (Phi) is 3.84. The molecule has 0 saturated heterocycles. The van der Waals surface area contributed by atoms with Gasteiger partial charge >= 0.3 is 0 Å². The van der Waals surface area contributed by atoms with Crippen LogP contribution >= 0.6 is 0 Å². The average molecular weight is 329 g/mol. The Labute approximate surface area is 144 Å². The fraction of sp³-hybridized carbons (Fsp3) is 0. The fourth-order valence-corrected chi connectivity index (χ4v) is 2.54. The number of nitrogens with one attached hydrogen (secondary N) is 2. The second-order valence-electron chi connectivity index (χ2n) is 5.50. The van der Waals surface area contributed by atoms with E-state index in [0.29, 0.717) is 5.56 Å². The highest BCUT2D eigenvalue weighted by Gasteiger charge is 2.07. The summed E-state index contributed by atoms with van der Waals surface area (Å²) in [5, 5.41) is 13.9. The monoisotopic (exact) mass is 329 g/mol. The molecule has 2 N–H and O–H groups in total. The van der Waals surface area contributed by atoms with Gasteiger partial charge in [-0.05, 0) is 54.1 Å². The van der Waals surface area contributed by atoms with E-state index in [1.165, 1.54) is 0 Å². The maximum Gasteiger partial charge on any atom is 0.255 e. The number of aromatic nitrogens is 4. The molecule has 0 fully saturated rings. The van der Waals surface area contributed by atoms with Gasteiger partial charge in [-0.15, -0.1) is 0 Å². The van der Waals surface area contributed by atoms with E-state index < -0.39 is 0 Å².